The Kier molecular flexibility index (Phi) is 5.44. The third kappa shape index (κ3) is 4.27. The number of nitrogens with two attached hydrogens (primary N) is 1. The molecular formula is C23H19N5O3. The van der Waals surface area contributed by atoms with Crippen LogP contribution in [-0.2, 0) is 0 Å². The number of benzene rings is 2. The number of rotatable bonds is 6. The van der Waals surface area contributed by atoms with E-state index in [0.717, 1.165) is 0 Å². The van der Waals surface area contributed by atoms with Gasteiger partial charge in [0.15, 0.2) is 0 Å². The van der Waals surface area contributed by atoms with Crippen molar-refractivity contribution in [2.45, 2.75) is 0 Å². The first kappa shape index (κ1) is 19.8. The van der Waals surface area contributed by atoms with Gasteiger partial charge < -0.3 is 21.1 Å². The van der Waals surface area contributed by atoms with E-state index in [1.54, 1.807) is 55.9 Å². The lowest BCUT2D eigenvalue weighted by molar-refractivity contribution is 0.0998. The zero-order valence-electron chi connectivity index (χ0n) is 16.6. The molecule has 0 aliphatic carbocycles. The lowest BCUT2D eigenvalue weighted by Gasteiger charge is -2.14. The Labute approximate surface area is 178 Å². The van der Waals surface area contributed by atoms with Crippen LogP contribution in [0.1, 0.15) is 20.7 Å². The maximum absolute atomic E-state index is 12.7. The minimum Gasteiger partial charge on any atom is -0.497 e. The average Bonchev–Trinajstić information content (AvgIpc) is 2.79. The Morgan fingerprint density at radius 2 is 1.84 bits per heavy atom. The summed E-state index contributed by atoms with van der Waals surface area (Å²) in [5, 5.41) is 6.60. The first-order valence-electron chi connectivity index (χ1n) is 9.40. The van der Waals surface area contributed by atoms with Crippen molar-refractivity contribution in [2.75, 3.05) is 17.7 Å². The van der Waals surface area contributed by atoms with Crippen molar-refractivity contribution in [2.24, 2.45) is 5.73 Å². The fourth-order valence-electron chi connectivity index (χ4n) is 3.14. The summed E-state index contributed by atoms with van der Waals surface area (Å²) < 4.78 is 5.26. The summed E-state index contributed by atoms with van der Waals surface area (Å²) in [6.45, 7) is 0. The molecule has 2 heterocycles. The van der Waals surface area contributed by atoms with Gasteiger partial charge in [-0.2, -0.15) is 0 Å². The number of methoxy groups -OCH3 is 1. The summed E-state index contributed by atoms with van der Waals surface area (Å²) in [5.74, 6) is -0.294. The summed E-state index contributed by atoms with van der Waals surface area (Å²) in [6, 6.07) is 15.8. The second-order valence-electron chi connectivity index (χ2n) is 6.70. The highest BCUT2D eigenvalue weighted by Gasteiger charge is 2.16. The molecule has 8 nitrogen and oxygen atoms in total. The molecule has 0 unspecified atom stereocenters. The van der Waals surface area contributed by atoms with Gasteiger partial charge in [0, 0.05) is 35.1 Å². The van der Waals surface area contributed by atoms with E-state index < -0.39 is 5.91 Å². The van der Waals surface area contributed by atoms with Crippen LogP contribution in [0.2, 0.25) is 0 Å². The van der Waals surface area contributed by atoms with Gasteiger partial charge in [-0.05, 0) is 42.5 Å². The predicted molar refractivity (Wildman–Crippen MR) is 119 cm³/mol. The number of nitrogens with zero attached hydrogens (tertiary/aromatic N) is 2. The molecule has 0 aliphatic rings. The smallest absolute Gasteiger partial charge is 0.255 e. The summed E-state index contributed by atoms with van der Waals surface area (Å²) in [4.78, 5) is 33.1. The van der Waals surface area contributed by atoms with Crippen molar-refractivity contribution in [1.82, 2.24) is 9.97 Å². The number of hydrogen-bond acceptors (Lipinski definition) is 6. The molecule has 2 aromatic carbocycles. The number of anilines is 3. The molecule has 2 amide bonds. The molecule has 0 fully saturated rings. The quantitative estimate of drug-likeness (QED) is 0.443. The second-order valence-corrected chi connectivity index (χ2v) is 6.70. The van der Waals surface area contributed by atoms with Crippen LogP contribution < -0.4 is 21.1 Å². The van der Waals surface area contributed by atoms with E-state index in [9.17, 15) is 9.59 Å². The number of ether oxygens (including phenoxy) is 1. The Morgan fingerprint density at radius 3 is 2.58 bits per heavy atom. The fourth-order valence-corrected chi connectivity index (χ4v) is 3.14. The lowest BCUT2D eigenvalue weighted by Crippen LogP contribution is -2.15. The minimum atomic E-state index is -0.634. The number of nitrogens with one attached hydrogen (secondary N) is 2. The molecule has 4 rings (SSSR count). The number of primary amides is 1. The summed E-state index contributed by atoms with van der Waals surface area (Å²) in [7, 11) is 1.57. The Morgan fingerprint density at radius 1 is 1.00 bits per heavy atom. The Hall–Kier alpha value is -4.46. The summed E-state index contributed by atoms with van der Waals surface area (Å²) in [5.41, 5.74) is 8.52. The second kappa shape index (κ2) is 8.50. The monoisotopic (exact) mass is 413 g/mol. The van der Waals surface area contributed by atoms with Crippen molar-refractivity contribution >= 4 is 39.8 Å². The van der Waals surface area contributed by atoms with Crippen LogP contribution in [-0.4, -0.2) is 28.9 Å². The molecule has 0 aliphatic heterocycles. The molecule has 0 bridgehead atoms. The highest BCUT2D eigenvalue weighted by atomic mass is 16.5. The van der Waals surface area contributed by atoms with Gasteiger partial charge in [-0.15, -0.1) is 0 Å². The van der Waals surface area contributed by atoms with Crippen LogP contribution in [0, 0.1) is 0 Å². The number of carbonyl (C=O) groups is 2. The highest BCUT2D eigenvalue weighted by Crippen LogP contribution is 2.31. The van der Waals surface area contributed by atoms with Crippen molar-refractivity contribution in [3.63, 3.8) is 0 Å². The molecule has 0 radical (unpaired) electrons. The molecule has 8 heteroatoms. The van der Waals surface area contributed by atoms with Gasteiger partial charge in [0.25, 0.3) is 11.8 Å². The zero-order chi connectivity index (χ0) is 21.8. The summed E-state index contributed by atoms with van der Waals surface area (Å²) in [6.07, 6.45) is 4.60. The average molecular weight is 413 g/mol. The predicted octanol–water partition coefficient (Wildman–Crippen LogP) is 3.73. The molecule has 4 aromatic rings. The number of hydrogen-bond donors (Lipinski definition) is 3. The number of carbonyl (C=O) groups excluding carboxylic acids is 2. The standard InChI is InChI=1S/C23H19N5O3/c1-31-17-6-2-4-15(11-17)27-21-18-10-14(23(30)28-16-5-3-9-25-12-16)7-8-20(18)26-13-19(21)22(24)29/h2-13H,1H3,(H2,24,29)(H,26,27)(H,28,30). The molecule has 0 spiro atoms. The maximum atomic E-state index is 12.7. The number of amides is 2. The van der Waals surface area contributed by atoms with Crippen LogP contribution in [0.4, 0.5) is 17.1 Å². The van der Waals surface area contributed by atoms with Gasteiger partial charge in [-0.3, -0.25) is 19.6 Å². The largest absolute Gasteiger partial charge is 0.497 e. The van der Waals surface area contributed by atoms with E-state index in [0.29, 0.717) is 39.3 Å². The van der Waals surface area contributed by atoms with E-state index in [-0.39, 0.29) is 11.5 Å². The minimum absolute atomic E-state index is 0.208. The van der Waals surface area contributed by atoms with E-state index in [1.165, 1.54) is 6.20 Å². The topological polar surface area (TPSA) is 119 Å². The van der Waals surface area contributed by atoms with E-state index >= 15 is 0 Å². The Balaban J connectivity index is 1.78. The lowest BCUT2D eigenvalue weighted by atomic mass is 10.0. The maximum Gasteiger partial charge on any atom is 0.255 e. The third-order valence-corrected chi connectivity index (χ3v) is 4.65. The molecule has 31 heavy (non-hydrogen) atoms. The normalized spacial score (nSPS) is 10.5. The molecule has 0 saturated heterocycles. The number of aromatic nitrogens is 2. The van der Waals surface area contributed by atoms with Crippen LogP contribution >= 0.6 is 0 Å². The van der Waals surface area contributed by atoms with Gasteiger partial charge >= 0.3 is 0 Å². The van der Waals surface area contributed by atoms with Gasteiger partial charge in [0.2, 0.25) is 0 Å². The highest BCUT2D eigenvalue weighted by molar-refractivity contribution is 6.11. The van der Waals surface area contributed by atoms with Crippen molar-refractivity contribution in [1.29, 1.82) is 0 Å². The molecule has 4 N–H and O–H groups in total. The van der Waals surface area contributed by atoms with E-state index in [4.69, 9.17) is 10.5 Å². The Bertz CT molecular complexity index is 1270. The molecule has 2 aromatic heterocycles. The molecule has 0 atom stereocenters. The zero-order valence-corrected chi connectivity index (χ0v) is 16.6. The molecule has 154 valence electrons. The van der Waals surface area contributed by atoms with E-state index in [2.05, 4.69) is 20.6 Å². The van der Waals surface area contributed by atoms with E-state index in [1.807, 2.05) is 18.2 Å². The molecular weight excluding hydrogens is 394 g/mol. The van der Waals surface area contributed by atoms with Crippen LogP contribution in [0.25, 0.3) is 10.9 Å². The first-order valence-corrected chi connectivity index (χ1v) is 9.40. The van der Waals surface area contributed by atoms with Gasteiger partial charge in [0.05, 0.1) is 35.8 Å². The van der Waals surface area contributed by atoms with Gasteiger partial charge in [-0.1, -0.05) is 6.07 Å². The van der Waals surface area contributed by atoms with Crippen molar-refractivity contribution < 1.29 is 14.3 Å². The first-order chi connectivity index (χ1) is 15.0. The third-order valence-electron chi connectivity index (χ3n) is 4.65. The number of fused-ring (bicyclic) bond motifs is 1. The van der Waals surface area contributed by atoms with Crippen LogP contribution in [0.5, 0.6) is 5.75 Å². The van der Waals surface area contributed by atoms with Gasteiger partial charge in [-0.25, -0.2) is 0 Å². The van der Waals surface area contributed by atoms with Crippen molar-refractivity contribution in [3.8, 4) is 5.75 Å². The van der Waals surface area contributed by atoms with Crippen LogP contribution in [0.15, 0.2) is 73.2 Å². The fraction of sp³-hybridized carbons (Fsp3) is 0.0435. The van der Waals surface area contributed by atoms with Crippen LogP contribution in [0.3, 0.4) is 0 Å². The van der Waals surface area contributed by atoms with Gasteiger partial charge in [0.1, 0.15) is 5.75 Å². The van der Waals surface area contributed by atoms with Crippen molar-refractivity contribution in [3.05, 3.63) is 84.3 Å². The molecule has 0 saturated carbocycles. The summed E-state index contributed by atoms with van der Waals surface area (Å²) >= 11 is 0. The SMILES string of the molecule is COc1cccc(Nc2c(C(N)=O)cnc3ccc(C(=O)Nc4cccnc4)cc23)c1. The number of pyridine rings is 2.